The fourth-order valence-corrected chi connectivity index (χ4v) is 3.08. The first-order chi connectivity index (χ1) is 10.9. The Balaban J connectivity index is 2.47. The second kappa shape index (κ2) is 7.10. The minimum atomic E-state index is -3.58. The molecule has 7 nitrogen and oxygen atoms in total. The van der Waals surface area contributed by atoms with E-state index in [9.17, 15) is 8.42 Å². The van der Waals surface area contributed by atoms with Gasteiger partial charge in [-0.15, -0.1) is 0 Å². The standard InChI is InChI=1S/C15H21N3O4S/c1-5-8-16-23(19,20)11-6-7-13(21-4)12(9-11)15-17-14(10(2)3)18-22-15/h6-7,9-10,16H,5,8H2,1-4H3. The maximum Gasteiger partial charge on any atom is 0.261 e. The van der Waals surface area contributed by atoms with E-state index >= 15 is 0 Å². The molecule has 23 heavy (non-hydrogen) atoms. The van der Waals surface area contributed by atoms with Crippen LogP contribution in [0.2, 0.25) is 0 Å². The number of nitrogens with one attached hydrogen (secondary N) is 1. The predicted octanol–water partition coefficient (Wildman–Crippen LogP) is 2.56. The molecule has 0 amide bonds. The molecule has 0 fully saturated rings. The molecule has 0 atom stereocenters. The zero-order chi connectivity index (χ0) is 17.0. The quantitative estimate of drug-likeness (QED) is 0.833. The van der Waals surface area contributed by atoms with Crippen molar-refractivity contribution in [1.82, 2.24) is 14.9 Å². The minimum absolute atomic E-state index is 0.108. The molecule has 0 aliphatic heterocycles. The highest BCUT2D eigenvalue weighted by Crippen LogP contribution is 2.31. The highest BCUT2D eigenvalue weighted by atomic mass is 32.2. The Kier molecular flexibility index (Phi) is 5.38. The zero-order valence-electron chi connectivity index (χ0n) is 13.7. The summed E-state index contributed by atoms with van der Waals surface area (Å²) in [7, 11) is -2.08. The maximum absolute atomic E-state index is 12.3. The van der Waals surface area contributed by atoms with E-state index in [1.807, 2.05) is 20.8 Å². The van der Waals surface area contributed by atoms with Crippen LogP contribution in [0.4, 0.5) is 0 Å². The first-order valence-corrected chi connectivity index (χ1v) is 8.89. The lowest BCUT2D eigenvalue weighted by Gasteiger charge is -2.09. The van der Waals surface area contributed by atoms with Gasteiger partial charge in [-0.25, -0.2) is 13.1 Å². The Bertz CT molecular complexity index is 769. The molecule has 0 aliphatic rings. The van der Waals surface area contributed by atoms with Crippen LogP contribution in [0.3, 0.4) is 0 Å². The monoisotopic (exact) mass is 339 g/mol. The van der Waals surface area contributed by atoms with Crippen molar-refractivity contribution in [2.45, 2.75) is 38.0 Å². The number of hydrogen-bond acceptors (Lipinski definition) is 6. The molecule has 0 bridgehead atoms. The van der Waals surface area contributed by atoms with Gasteiger partial charge < -0.3 is 9.26 Å². The lowest BCUT2D eigenvalue weighted by atomic mass is 10.2. The first-order valence-electron chi connectivity index (χ1n) is 7.40. The largest absolute Gasteiger partial charge is 0.496 e. The number of ether oxygens (including phenoxy) is 1. The molecule has 0 saturated carbocycles. The van der Waals surface area contributed by atoms with Gasteiger partial charge in [0.2, 0.25) is 10.0 Å². The van der Waals surface area contributed by atoms with E-state index in [1.54, 1.807) is 6.07 Å². The van der Waals surface area contributed by atoms with Crippen molar-refractivity contribution in [3.63, 3.8) is 0 Å². The Morgan fingerprint density at radius 3 is 2.65 bits per heavy atom. The molecule has 0 spiro atoms. The number of nitrogens with zero attached hydrogens (tertiary/aromatic N) is 2. The maximum atomic E-state index is 12.3. The molecule has 0 radical (unpaired) electrons. The van der Waals surface area contributed by atoms with Gasteiger partial charge in [-0.1, -0.05) is 25.9 Å². The molecule has 2 rings (SSSR count). The van der Waals surface area contributed by atoms with Crippen molar-refractivity contribution in [2.24, 2.45) is 0 Å². The molecule has 1 aromatic carbocycles. The Morgan fingerprint density at radius 1 is 1.35 bits per heavy atom. The summed E-state index contributed by atoms with van der Waals surface area (Å²) in [5, 5.41) is 3.90. The summed E-state index contributed by atoms with van der Waals surface area (Å²) in [5.74, 6) is 1.37. The van der Waals surface area contributed by atoms with Crippen molar-refractivity contribution in [2.75, 3.05) is 13.7 Å². The van der Waals surface area contributed by atoms with E-state index in [0.29, 0.717) is 30.1 Å². The van der Waals surface area contributed by atoms with Gasteiger partial charge >= 0.3 is 0 Å². The van der Waals surface area contributed by atoms with Gasteiger partial charge in [-0.05, 0) is 24.6 Å². The highest BCUT2D eigenvalue weighted by molar-refractivity contribution is 7.89. The van der Waals surface area contributed by atoms with Crippen LogP contribution in [0, 0.1) is 0 Å². The molecule has 1 N–H and O–H groups in total. The van der Waals surface area contributed by atoms with Gasteiger partial charge in [-0.2, -0.15) is 4.98 Å². The minimum Gasteiger partial charge on any atom is -0.496 e. The fourth-order valence-electron chi connectivity index (χ4n) is 1.92. The van der Waals surface area contributed by atoms with Crippen molar-refractivity contribution in [3.8, 4) is 17.2 Å². The Hall–Kier alpha value is -1.93. The van der Waals surface area contributed by atoms with Crippen LogP contribution in [-0.4, -0.2) is 32.2 Å². The summed E-state index contributed by atoms with van der Waals surface area (Å²) < 4.78 is 37.6. The van der Waals surface area contributed by atoms with Gasteiger partial charge in [0.05, 0.1) is 17.6 Å². The first kappa shape index (κ1) is 17.4. The van der Waals surface area contributed by atoms with Crippen molar-refractivity contribution >= 4 is 10.0 Å². The molecular weight excluding hydrogens is 318 g/mol. The predicted molar refractivity (Wildman–Crippen MR) is 85.9 cm³/mol. The molecule has 0 saturated heterocycles. The van der Waals surface area contributed by atoms with Crippen LogP contribution in [-0.2, 0) is 10.0 Å². The third kappa shape index (κ3) is 3.89. The third-order valence-corrected chi connectivity index (χ3v) is 4.67. The number of sulfonamides is 1. The zero-order valence-corrected chi connectivity index (χ0v) is 14.5. The van der Waals surface area contributed by atoms with E-state index < -0.39 is 10.0 Å². The second-order valence-corrected chi connectivity index (χ2v) is 7.14. The smallest absolute Gasteiger partial charge is 0.261 e. The number of rotatable bonds is 7. The van der Waals surface area contributed by atoms with Gasteiger partial charge in [-0.3, -0.25) is 0 Å². The summed E-state index contributed by atoms with van der Waals surface area (Å²) >= 11 is 0. The van der Waals surface area contributed by atoms with Gasteiger partial charge in [0.15, 0.2) is 5.82 Å². The summed E-state index contributed by atoms with van der Waals surface area (Å²) in [6.07, 6.45) is 0.712. The SMILES string of the molecule is CCCNS(=O)(=O)c1ccc(OC)c(-c2nc(C(C)C)no2)c1. The third-order valence-electron chi connectivity index (χ3n) is 3.21. The lowest BCUT2D eigenvalue weighted by molar-refractivity contribution is 0.401. The summed E-state index contributed by atoms with van der Waals surface area (Å²) in [4.78, 5) is 4.43. The highest BCUT2D eigenvalue weighted by Gasteiger charge is 2.20. The molecule has 1 heterocycles. The molecule has 126 valence electrons. The van der Waals surface area contributed by atoms with Gasteiger partial charge in [0, 0.05) is 12.5 Å². The molecule has 2 aromatic rings. The lowest BCUT2D eigenvalue weighted by Crippen LogP contribution is -2.24. The number of methoxy groups -OCH3 is 1. The molecule has 8 heteroatoms. The van der Waals surface area contributed by atoms with E-state index in [0.717, 1.165) is 0 Å². The summed E-state index contributed by atoms with van der Waals surface area (Å²) in [5.41, 5.74) is 0.450. The average molecular weight is 339 g/mol. The van der Waals surface area contributed by atoms with Crippen LogP contribution in [0.5, 0.6) is 5.75 Å². The van der Waals surface area contributed by atoms with Crippen molar-refractivity contribution in [3.05, 3.63) is 24.0 Å². The molecular formula is C15H21N3O4S. The van der Waals surface area contributed by atoms with E-state index in [-0.39, 0.29) is 16.7 Å². The molecule has 1 aromatic heterocycles. The topological polar surface area (TPSA) is 94.3 Å². The Morgan fingerprint density at radius 2 is 2.09 bits per heavy atom. The van der Waals surface area contributed by atoms with Crippen LogP contribution in [0.1, 0.15) is 38.9 Å². The van der Waals surface area contributed by atoms with Gasteiger partial charge in [0.1, 0.15) is 5.75 Å². The second-order valence-electron chi connectivity index (χ2n) is 5.37. The van der Waals surface area contributed by atoms with Crippen LogP contribution < -0.4 is 9.46 Å². The van der Waals surface area contributed by atoms with E-state index in [1.165, 1.54) is 19.2 Å². The summed E-state index contributed by atoms with van der Waals surface area (Å²) in [6, 6.07) is 4.55. The number of hydrogen-bond donors (Lipinski definition) is 1. The van der Waals surface area contributed by atoms with Crippen LogP contribution in [0.25, 0.3) is 11.5 Å². The van der Waals surface area contributed by atoms with Crippen LogP contribution >= 0.6 is 0 Å². The fraction of sp³-hybridized carbons (Fsp3) is 0.467. The van der Waals surface area contributed by atoms with Crippen LogP contribution in [0.15, 0.2) is 27.6 Å². The van der Waals surface area contributed by atoms with E-state index in [4.69, 9.17) is 9.26 Å². The molecule has 0 unspecified atom stereocenters. The van der Waals surface area contributed by atoms with E-state index in [2.05, 4.69) is 14.9 Å². The van der Waals surface area contributed by atoms with Gasteiger partial charge in [0.25, 0.3) is 5.89 Å². The number of aromatic nitrogens is 2. The average Bonchev–Trinajstić information content (AvgIpc) is 3.02. The molecule has 0 aliphatic carbocycles. The normalized spacial score (nSPS) is 11.9. The van der Waals surface area contributed by atoms with Crippen molar-refractivity contribution in [1.29, 1.82) is 0 Å². The summed E-state index contributed by atoms with van der Waals surface area (Å²) in [6.45, 7) is 6.17. The Labute approximate surface area is 136 Å². The van der Waals surface area contributed by atoms with Crippen molar-refractivity contribution < 1.29 is 17.7 Å². The number of benzene rings is 1.